The molecule has 3 atom stereocenters. The number of carbonyl (C=O) groups is 1. The zero-order chi connectivity index (χ0) is 20.7. The van der Waals surface area contributed by atoms with Crippen LogP contribution in [-0.2, 0) is 4.79 Å². The van der Waals surface area contributed by atoms with Crippen LogP contribution in [0.2, 0.25) is 0 Å². The van der Waals surface area contributed by atoms with Gasteiger partial charge in [0.15, 0.2) is 0 Å². The standard InChI is InChI=1S/C26H22FNOS/c1-16-6-2-3-7-20(16)26-25-22(28-21-8-4-5-9-24(21)30-26)14-18(15-23(25)29)17-10-12-19(27)13-11-17/h2-14,18,25-26,28H,15H2,1H3/t18-,25+,26+/m1/s1. The van der Waals surface area contributed by atoms with E-state index in [1.807, 2.05) is 24.3 Å². The Morgan fingerprint density at radius 1 is 0.967 bits per heavy atom. The third-order valence-electron chi connectivity index (χ3n) is 6.00. The summed E-state index contributed by atoms with van der Waals surface area (Å²) in [7, 11) is 0. The van der Waals surface area contributed by atoms with Crippen molar-refractivity contribution in [3.05, 3.63) is 107 Å². The summed E-state index contributed by atoms with van der Waals surface area (Å²) >= 11 is 1.76. The highest BCUT2D eigenvalue weighted by Crippen LogP contribution is 2.52. The van der Waals surface area contributed by atoms with Crippen molar-refractivity contribution in [3.8, 4) is 0 Å². The lowest BCUT2D eigenvalue weighted by molar-refractivity contribution is -0.122. The van der Waals surface area contributed by atoms with E-state index in [1.54, 1.807) is 23.9 Å². The zero-order valence-electron chi connectivity index (χ0n) is 16.6. The van der Waals surface area contributed by atoms with Gasteiger partial charge in [-0.2, -0.15) is 0 Å². The maximum absolute atomic E-state index is 13.5. The van der Waals surface area contributed by atoms with Gasteiger partial charge in [-0.1, -0.05) is 54.6 Å². The Labute approximate surface area is 180 Å². The molecule has 150 valence electrons. The van der Waals surface area contributed by atoms with Crippen LogP contribution < -0.4 is 5.32 Å². The summed E-state index contributed by atoms with van der Waals surface area (Å²) in [5.41, 5.74) is 5.34. The number of para-hydroxylation sites is 1. The molecule has 0 fully saturated rings. The first-order valence-corrected chi connectivity index (χ1v) is 11.1. The van der Waals surface area contributed by atoms with Gasteiger partial charge in [0.1, 0.15) is 11.6 Å². The van der Waals surface area contributed by atoms with Crippen molar-refractivity contribution in [2.75, 3.05) is 5.32 Å². The number of carbonyl (C=O) groups excluding carboxylic acids is 1. The number of hydrogen-bond donors (Lipinski definition) is 1. The Morgan fingerprint density at radius 3 is 2.50 bits per heavy atom. The number of hydrogen-bond acceptors (Lipinski definition) is 3. The van der Waals surface area contributed by atoms with Crippen LogP contribution in [0.5, 0.6) is 0 Å². The highest BCUT2D eigenvalue weighted by Gasteiger charge is 2.40. The second-order valence-corrected chi connectivity index (χ2v) is 9.13. The van der Waals surface area contributed by atoms with Gasteiger partial charge in [-0.15, -0.1) is 11.8 Å². The molecule has 30 heavy (non-hydrogen) atoms. The monoisotopic (exact) mass is 415 g/mol. The quantitative estimate of drug-likeness (QED) is 0.508. The Kier molecular flexibility index (Phi) is 4.95. The molecule has 0 bridgehead atoms. The van der Waals surface area contributed by atoms with Gasteiger partial charge in [0, 0.05) is 28.2 Å². The molecule has 0 aromatic heterocycles. The average Bonchev–Trinajstić information content (AvgIpc) is 2.91. The van der Waals surface area contributed by atoms with E-state index < -0.39 is 0 Å². The molecule has 1 N–H and O–H groups in total. The van der Waals surface area contributed by atoms with E-state index in [-0.39, 0.29) is 28.7 Å². The molecule has 0 saturated heterocycles. The van der Waals surface area contributed by atoms with Crippen LogP contribution in [0.4, 0.5) is 10.1 Å². The third kappa shape index (κ3) is 3.46. The number of fused-ring (bicyclic) bond motifs is 2. The zero-order valence-corrected chi connectivity index (χ0v) is 17.5. The smallest absolute Gasteiger partial charge is 0.144 e. The normalized spacial score (nSPS) is 22.9. The fraction of sp³-hybridized carbons (Fsp3) is 0.192. The van der Waals surface area contributed by atoms with E-state index in [1.165, 1.54) is 23.3 Å². The van der Waals surface area contributed by atoms with Crippen molar-refractivity contribution in [1.82, 2.24) is 0 Å². The first kappa shape index (κ1) is 19.1. The fourth-order valence-electron chi connectivity index (χ4n) is 4.45. The number of rotatable bonds is 2. The maximum Gasteiger partial charge on any atom is 0.144 e. The number of Topliss-reactive ketones (excluding diaryl/α,β-unsaturated/α-hetero) is 1. The van der Waals surface area contributed by atoms with Gasteiger partial charge >= 0.3 is 0 Å². The highest BCUT2D eigenvalue weighted by molar-refractivity contribution is 7.99. The summed E-state index contributed by atoms with van der Waals surface area (Å²) in [6.45, 7) is 2.11. The van der Waals surface area contributed by atoms with E-state index in [0.717, 1.165) is 21.8 Å². The first-order valence-electron chi connectivity index (χ1n) is 10.2. The topological polar surface area (TPSA) is 29.1 Å². The van der Waals surface area contributed by atoms with Crippen LogP contribution in [0.25, 0.3) is 0 Å². The molecule has 3 aromatic rings. The molecule has 0 radical (unpaired) electrons. The van der Waals surface area contributed by atoms with Crippen LogP contribution >= 0.6 is 11.8 Å². The molecule has 0 spiro atoms. The molecule has 1 aliphatic heterocycles. The van der Waals surface area contributed by atoms with Crippen molar-refractivity contribution in [2.24, 2.45) is 5.92 Å². The van der Waals surface area contributed by atoms with Crippen LogP contribution in [0.3, 0.4) is 0 Å². The van der Waals surface area contributed by atoms with Crippen LogP contribution in [0.15, 0.2) is 89.5 Å². The minimum absolute atomic E-state index is 0.00951. The molecule has 4 heteroatoms. The number of aryl methyl sites for hydroxylation is 1. The van der Waals surface area contributed by atoms with Crippen LogP contribution in [0.1, 0.15) is 34.3 Å². The summed E-state index contributed by atoms with van der Waals surface area (Å²) < 4.78 is 13.4. The summed E-state index contributed by atoms with van der Waals surface area (Å²) in [5.74, 6) is -0.323. The Hall–Kier alpha value is -2.85. The minimum atomic E-state index is -0.260. The molecule has 0 unspecified atom stereocenters. The first-order chi connectivity index (χ1) is 14.6. The van der Waals surface area contributed by atoms with E-state index >= 15 is 0 Å². The van der Waals surface area contributed by atoms with Gasteiger partial charge in [0.25, 0.3) is 0 Å². The maximum atomic E-state index is 13.5. The number of nitrogens with one attached hydrogen (secondary N) is 1. The van der Waals surface area contributed by atoms with Gasteiger partial charge in [-0.05, 0) is 47.9 Å². The molecular formula is C26H22FNOS. The molecule has 1 aliphatic carbocycles. The minimum Gasteiger partial charge on any atom is -0.358 e. The van der Waals surface area contributed by atoms with Crippen molar-refractivity contribution in [1.29, 1.82) is 0 Å². The molecule has 3 aromatic carbocycles. The van der Waals surface area contributed by atoms with Gasteiger partial charge in [-0.3, -0.25) is 4.79 Å². The van der Waals surface area contributed by atoms with Crippen molar-refractivity contribution in [2.45, 2.75) is 29.4 Å². The second kappa shape index (κ2) is 7.77. The molecule has 2 nitrogen and oxygen atoms in total. The van der Waals surface area contributed by atoms with Crippen molar-refractivity contribution < 1.29 is 9.18 Å². The van der Waals surface area contributed by atoms with E-state index in [4.69, 9.17) is 0 Å². The van der Waals surface area contributed by atoms with Gasteiger partial charge < -0.3 is 5.32 Å². The SMILES string of the molecule is Cc1ccccc1[C@@H]1Sc2ccccc2NC2=C[C@@H](c3ccc(F)cc3)CC(=O)[C@H]21. The molecule has 1 heterocycles. The molecule has 2 aliphatic rings. The van der Waals surface area contributed by atoms with Crippen LogP contribution in [-0.4, -0.2) is 5.78 Å². The average molecular weight is 416 g/mol. The van der Waals surface area contributed by atoms with Crippen LogP contribution in [0, 0.1) is 18.7 Å². The lowest BCUT2D eigenvalue weighted by Crippen LogP contribution is -2.30. The van der Waals surface area contributed by atoms with Gasteiger partial charge in [-0.25, -0.2) is 4.39 Å². The van der Waals surface area contributed by atoms with Crippen molar-refractivity contribution >= 4 is 23.2 Å². The lowest BCUT2D eigenvalue weighted by Gasteiger charge is -2.32. The van der Waals surface area contributed by atoms with E-state index in [0.29, 0.717) is 6.42 Å². The predicted molar refractivity (Wildman–Crippen MR) is 120 cm³/mol. The Balaban J connectivity index is 1.63. The summed E-state index contributed by atoms with van der Waals surface area (Å²) in [6, 6.07) is 23.0. The summed E-state index contributed by atoms with van der Waals surface area (Å²) in [5, 5.41) is 3.58. The van der Waals surface area contributed by atoms with E-state index in [9.17, 15) is 9.18 Å². The Bertz CT molecular complexity index is 1140. The number of anilines is 1. The number of benzene rings is 3. The number of ketones is 1. The summed E-state index contributed by atoms with van der Waals surface area (Å²) in [6.07, 6.45) is 2.61. The molecule has 5 rings (SSSR count). The highest BCUT2D eigenvalue weighted by atomic mass is 32.2. The van der Waals surface area contributed by atoms with Gasteiger partial charge in [0.2, 0.25) is 0 Å². The number of allylic oxidation sites excluding steroid dienone is 2. The largest absolute Gasteiger partial charge is 0.358 e. The van der Waals surface area contributed by atoms with Crippen molar-refractivity contribution in [3.63, 3.8) is 0 Å². The van der Waals surface area contributed by atoms with Gasteiger partial charge in [0.05, 0.1) is 11.6 Å². The Morgan fingerprint density at radius 2 is 1.70 bits per heavy atom. The summed E-state index contributed by atoms with van der Waals surface area (Å²) in [4.78, 5) is 14.7. The molecule has 0 amide bonds. The fourth-order valence-corrected chi connectivity index (χ4v) is 5.96. The predicted octanol–water partition coefficient (Wildman–Crippen LogP) is 6.65. The molecular weight excluding hydrogens is 393 g/mol. The number of halogens is 1. The lowest BCUT2D eigenvalue weighted by atomic mass is 9.78. The van der Waals surface area contributed by atoms with E-state index in [2.05, 4.69) is 42.6 Å². The third-order valence-corrected chi connectivity index (χ3v) is 7.39. The number of thioether (sulfide) groups is 1. The molecule has 0 saturated carbocycles. The second-order valence-electron chi connectivity index (χ2n) is 7.94.